The van der Waals surface area contributed by atoms with E-state index in [9.17, 15) is 18.8 Å². The van der Waals surface area contributed by atoms with Crippen molar-refractivity contribution in [2.24, 2.45) is 0 Å². The summed E-state index contributed by atoms with van der Waals surface area (Å²) in [6.45, 7) is 3.01. The molecule has 0 spiro atoms. The number of halogens is 1. The quantitative estimate of drug-likeness (QED) is 0.313. The number of aromatic nitrogens is 2. The number of carbonyl (C=O) groups excluding carboxylic acids is 2. The maximum Gasteiger partial charge on any atom is 0.355 e. The van der Waals surface area contributed by atoms with Crippen molar-refractivity contribution in [3.05, 3.63) is 87.5 Å². The fourth-order valence-electron chi connectivity index (χ4n) is 5.13. The fourth-order valence-corrected chi connectivity index (χ4v) is 6.21. The highest BCUT2D eigenvalue weighted by atomic mass is 32.2. The van der Waals surface area contributed by atoms with Crippen molar-refractivity contribution in [2.45, 2.75) is 48.8 Å². The summed E-state index contributed by atoms with van der Waals surface area (Å²) >= 11 is 1.48. The van der Waals surface area contributed by atoms with Crippen LogP contribution in [0.1, 0.15) is 37.0 Å². The van der Waals surface area contributed by atoms with E-state index in [4.69, 9.17) is 14.5 Å². The summed E-state index contributed by atoms with van der Waals surface area (Å²) in [6.07, 6.45) is 0.116. The second kappa shape index (κ2) is 8.55. The number of fused-ring (bicyclic) bond motifs is 5. The molecule has 0 N–H and O–H groups in total. The van der Waals surface area contributed by atoms with Crippen molar-refractivity contribution in [3.8, 4) is 11.4 Å². The molecule has 0 bridgehead atoms. The summed E-state index contributed by atoms with van der Waals surface area (Å²) in [5, 5.41) is 0.919. The molecule has 2 aromatic carbocycles. The molecule has 4 heterocycles. The molecular weight excluding hydrogens is 495 g/mol. The standard InChI is InChI=1S/C28H21FN2O5S/c1-3-28(36-15(2)32)21-12-23-24-19(13-31(23)26(33)20(21)14-35-27(28)34)25(18-6-4-5-7-22(18)30-24)37-17-10-8-16(29)9-11-17/h4-12H,3,13-14H2,1-2H3/t28-/m0/s1. The van der Waals surface area contributed by atoms with Crippen LogP contribution >= 0.6 is 11.8 Å². The number of pyridine rings is 2. The molecule has 0 radical (unpaired) electrons. The number of hydrogen-bond donors (Lipinski definition) is 0. The van der Waals surface area contributed by atoms with Gasteiger partial charge < -0.3 is 14.0 Å². The van der Waals surface area contributed by atoms with Crippen LogP contribution in [0.4, 0.5) is 4.39 Å². The van der Waals surface area contributed by atoms with Crippen LogP contribution in [0, 0.1) is 5.82 Å². The Morgan fingerprint density at radius 2 is 1.92 bits per heavy atom. The first-order chi connectivity index (χ1) is 17.8. The van der Waals surface area contributed by atoms with Gasteiger partial charge in [0.25, 0.3) is 5.56 Å². The zero-order valence-electron chi connectivity index (χ0n) is 20.0. The predicted molar refractivity (Wildman–Crippen MR) is 135 cm³/mol. The average Bonchev–Trinajstić information content (AvgIpc) is 3.25. The zero-order chi connectivity index (χ0) is 25.9. The Hall–Kier alpha value is -3.98. The molecular formula is C28H21FN2O5S. The Balaban J connectivity index is 1.60. The maximum absolute atomic E-state index is 13.7. The van der Waals surface area contributed by atoms with Gasteiger partial charge in [0.1, 0.15) is 12.4 Å². The molecule has 186 valence electrons. The normalized spacial score (nSPS) is 17.6. The van der Waals surface area contributed by atoms with Gasteiger partial charge in [-0.1, -0.05) is 36.9 Å². The lowest BCUT2D eigenvalue weighted by Crippen LogP contribution is -2.47. The third-order valence-electron chi connectivity index (χ3n) is 6.86. The van der Waals surface area contributed by atoms with Crippen molar-refractivity contribution in [1.29, 1.82) is 0 Å². The molecule has 6 rings (SSSR count). The van der Waals surface area contributed by atoms with E-state index >= 15 is 0 Å². The zero-order valence-corrected chi connectivity index (χ0v) is 20.9. The summed E-state index contributed by atoms with van der Waals surface area (Å²) < 4.78 is 26.0. The van der Waals surface area contributed by atoms with Gasteiger partial charge in [-0.05, 0) is 42.8 Å². The highest BCUT2D eigenvalue weighted by Gasteiger charge is 2.50. The third-order valence-corrected chi connectivity index (χ3v) is 8.04. The molecule has 9 heteroatoms. The largest absolute Gasteiger partial charge is 0.457 e. The van der Waals surface area contributed by atoms with Crippen LogP contribution in [0.25, 0.3) is 22.3 Å². The van der Waals surface area contributed by atoms with Gasteiger partial charge in [0.2, 0.25) is 5.60 Å². The van der Waals surface area contributed by atoms with Crippen molar-refractivity contribution >= 4 is 34.6 Å². The second-order valence-corrected chi connectivity index (χ2v) is 10.1. The van der Waals surface area contributed by atoms with Crippen LogP contribution in [-0.2, 0) is 37.8 Å². The van der Waals surface area contributed by atoms with Gasteiger partial charge in [0, 0.05) is 33.2 Å². The smallest absolute Gasteiger partial charge is 0.355 e. The first kappa shape index (κ1) is 23.4. The van der Waals surface area contributed by atoms with E-state index in [2.05, 4.69) is 0 Å². The van der Waals surface area contributed by atoms with Crippen LogP contribution in [0.2, 0.25) is 0 Å². The topological polar surface area (TPSA) is 87.5 Å². The molecule has 0 aliphatic carbocycles. The molecule has 4 aromatic rings. The van der Waals surface area contributed by atoms with Gasteiger partial charge in [-0.15, -0.1) is 0 Å². The fraction of sp³-hybridized carbons (Fsp3) is 0.214. The van der Waals surface area contributed by atoms with Gasteiger partial charge in [0.15, 0.2) is 0 Å². The number of ether oxygens (including phenoxy) is 2. The molecule has 0 saturated carbocycles. The van der Waals surface area contributed by atoms with Crippen molar-refractivity contribution in [3.63, 3.8) is 0 Å². The molecule has 2 aliphatic heterocycles. The number of benzene rings is 2. The lowest BCUT2D eigenvalue weighted by molar-refractivity contribution is -0.188. The Kier molecular flexibility index (Phi) is 5.41. The van der Waals surface area contributed by atoms with E-state index in [0.717, 1.165) is 26.3 Å². The van der Waals surface area contributed by atoms with Crippen LogP contribution in [-0.4, -0.2) is 21.5 Å². The third kappa shape index (κ3) is 3.56. The lowest BCUT2D eigenvalue weighted by Gasteiger charge is -2.35. The Labute approximate surface area is 215 Å². The second-order valence-electron chi connectivity index (χ2n) is 9.00. The molecule has 37 heavy (non-hydrogen) atoms. The highest BCUT2D eigenvalue weighted by molar-refractivity contribution is 7.99. The molecule has 2 aliphatic rings. The molecule has 0 fully saturated rings. The first-order valence-electron chi connectivity index (χ1n) is 11.8. The minimum atomic E-state index is -1.69. The summed E-state index contributed by atoms with van der Waals surface area (Å²) in [6, 6.07) is 15.7. The van der Waals surface area contributed by atoms with Gasteiger partial charge in [-0.2, -0.15) is 0 Å². The van der Waals surface area contributed by atoms with Gasteiger partial charge in [-0.25, -0.2) is 14.2 Å². The van der Waals surface area contributed by atoms with Crippen molar-refractivity contribution < 1.29 is 23.5 Å². The van der Waals surface area contributed by atoms with E-state index in [0.29, 0.717) is 17.0 Å². The molecule has 2 aromatic heterocycles. The van der Waals surface area contributed by atoms with Gasteiger partial charge in [0.05, 0.1) is 29.0 Å². The van der Waals surface area contributed by atoms with Crippen LogP contribution in [0.3, 0.4) is 0 Å². The lowest BCUT2D eigenvalue weighted by atomic mass is 9.85. The van der Waals surface area contributed by atoms with Crippen molar-refractivity contribution in [1.82, 2.24) is 9.55 Å². The molecule has 7 nitrogen and oxygen atoms in total. The van der Waals surface area contributed by atoms with E-state index in [1.165, 1.54) is 30.8 Å². The SMILES string of the molecule is CC[C@@]1(OC(C)=O)C(=O)OCc2c1cc1n(c2=O)Cc2c-1nc1ccccc1c2Sc1ccc(F)cc1. The number of cyclic esters (lactones) is 1. The molecule has 0 saturated heterocycles. The Morgan fingerprint density at radius 3 is 2.65 bits per heavy atom. The summed E-state index contributed by atoms with van der Waals surface area (Å²) in [5.74, 6) is -1.66. The number of para-hydroxylation sites is 1. The average molecular weight is 517 g/mol. The number of rotatable bonds is 4. The van der Waals surface area contributed by atoms with E-state index in [-0.39, 0.29) is 36.5 Å². The van der Waals surface area contributed by atoms with E-state index < -0.39 is 17.5 Å². The highest BCUT2D eigenvalue weighted by Crippen LogP contribution is 2.45. The van der Waals surface area contributed by atoms with Crippen LogP contribution in [0.5, 0.6) is 0 Å². The molecule has 1 atom stereocenters. The van der Waals surface area contributed by atoms with Crippen molar-refractivity contribution in [2.75, 3.05) is 0 Å². The van der Waals surface area contributed by atoms with Crippen LogP contribution in [0.15, 0.2) is 69.2 Å². The Morgan fingerprint density at radius 1 is 1.16 bits per heavy atom. The monoisotopic (exact) mass is 516 g/mol. The minimum Gasteiger partial charge on any atom is -0.457 e. The minimum absolute atomic E-state index is 0.116. The van der Waals surface area contributed by atoms with Crippen LogP contribution < -0.4 is 5.56 Å². The number of esters is 2. The van der Waals surface area contributed by atoms with Gasteiger partial charge in [-0.3, -0.25) is 9.59 Å². The van der Waals surface area contributed by atoms with E-state index in [1.807, 2.05) is 24.3 Å². The number of nitrogens with zero attached hydrogens (tertiary/aromatic N) is 2. The predicted octanol–water partition coefficient (Wildman–Crippen LogP) is 4.94. The molecule has 0 amide bonds. The summed E-state index contributed by atoms with van der Waals surface area (Å²) in [5.41, 5.74) is 1.38. The number of hydrogen-bond acceptors (Lipinski definition) is 7. The molecule has 0 unspecified atom stereocenters. The number of carbonyl (C=O) groups is 2. The first-order valence-corrected chi connectivity index (χ1v) is 12.6. The summed E-state index contributed by atoms with van der Waals surface area (Å²) in [7, 11) is 0. The Bertz CT molecular complexity index is 1680. The van der Waals surface area contributed by atoms with E-state index in [1.54, 1.807) is 29.7 Å². The maximum atomic E-state index is 13.7. The van der Waals surface area contributed by atoms with Gasteiger partial charge >= 0.3 is 11.9 Å². The summed E-state index contributed by atoms with van der Waals surface area (Å²) in [4.78, 5) is 45.3.